The van der Waals surface area contributed by atoms with E-state index >= 15 is 0 Å². The Morgan fingerprint density at radius 3 is 2.03 bits per heavy atom. The number of rotatable bonds is 5. The van der Waals surface area contributed by atoms with E-state index in [4.69, 9.17) is 9.84 Å². The molecule has 0 aliphatic carbocycles. The maximum Gasteiger partial charge on any atom is 0.129 e. The highest BCUT2D eigenvalue weighted by atomic mass is 16.5. The Hall–Kier alpha value is -4.19. The predicted molar refractivity (Wildman–Crippen MR) is 129 cm³/mol. The number of aryl methyl sites for hydroxylation is 3. The number of benzene rings is 2. The molecule has 0 aliphatic rings. The van der Waals surface area contributed by atoms with Gasteiger partial charge in [-0.05, 0) is 64.1 Å². The Labute approximate surface area is 193 Å². The highest BCUT2D eigenvalue weighted by Crippen LogP contribution is 2.30. The molecule has 0 fully saturated rings. The minimum absolute atomic E-state index is 0.744. The third kappa shape index (κ3) is 4.03. The van der Waals surface area contributed by atoms with Gasteiger partial charge in [0.15, 0.2) is 0 Å². The van der Waals surface area contributed by atoms with Gasteiger partial charge in [0.05, 0.1) is 22.8 Å². The van der Waals surface area contributed by atoms with E-state index in [1.165, 1.54) is 0 Å². The van der Waals surface area contributed by atoms with Crippen molar-refractivity contribution in [2.75, 3.05) is 0 Å². The number of pyridine rings is 1. The topological polar surface area (TPSA) is 57.8 Å². The summed E-state index contributed by atoms with van der Waals surface area (Å²) in [6, 6.07) is 22.0. The van der Waals surface area contributed by atoms with Gasteiger partial charge in [-0.25, -0.2) is 9.36 Å². The van der Waals surface area contributed by atoms with Gasteiger partial charge in [-0.15, -0.1) is 0 Å². The van der Waals surface area contributed by atoms with Crippen LogP contribution < -0.4 is 4.74 Å². The highest BCUT2D eigenvalue weighted by Gasteiger charge is 2.15. The van der Waals surface area contributed by atoms with Crippen LogP contribution >= 0.6 is 0 Å². The normalized spacial score (nSPS) is 11.0. The number of hydrogen-bond acceptors (Lipinski definition) is 4. The van der Waals surface area contributed by atoms with Crippen molar-refractivity contribution in [1.82, 2.24) is 24.5 Å². The van der Waals surface area contributed by atoms with Crippen LogP contribution in [-0.4, -0.2) is 24.5 Å². The molecular formula is C27H25N5O. The fourth-order valence-electron chi connectivity index (χ4n) is 4.21. The van der Waals surface area contributed by atoms with Crippen molar-refractivity contribution < 1.29 is 4.74 Å². The fraction of sp³-hybridized carbons (Fsp3) is 0.148. The number of ether oxygens (including phenoxy) is 1. The molecule has 0 aliphatic heterocycles. The third-order valence-electron chi connectivity index (χ3n) is 5.61. The number of hydrogen-bond donors (Lipinski definition) is 0. The number of nitrogens with zero attached hydrogens (tertiary/aromatic N) is 5. The van der Waals surface area contributed by atoms with E-state index in [9.17, 15) is 0 Å². The molecule has 3 heterocycles. The lowest BCUT2D eigenvalue weighted by atomic mass is 10.1. The predicted octanol–water partition coefficient (Wildman–Crippen LogP) is 6.15. The first-order chi connectivity index (χ1) is 16.0. The van der Waals surface area contributed by atoms with Gasteiger partial charge in [0.1, 0.15) is 11.5 Å². The van der Waals surface area contributed by atoms with Crippen molar-refractivity contribution in [1.29, 1.82) is 0 Å². The molecule has 0 unspecified atom stereocenters. The van der Waals surface area contributed by atoms with Crippen LogP contribution in [0.3, 0.4) is 0 Å². The summed E-state index contributed by atoms with van der Waals surface area (Å²) in [4.78, 5) is 4.26. The van der Waals surface area contributed by atoms with Gasteiger partial charge in [0, 0.05) is 47.0 Å². The minimum Gasteiger partial charge on any atom is -0.457 e. The number of aromatic nitrogens is 5. The molecule has 0 atom stereocenters. The van der Waals surface area contributed by atoms with Crippen LogP contribution in [0.1, 0.15) is 22.8 Å². The first kappa shape index (κ1) is 20.7. The second-order valence-corrected chi connectivity index (χ2v) is 8.14. The first-order valence-corrected chi connectivity index (χ1v) is 10.9. The minimum atomic E-state index is 0.744. The summed E-state index contributed by atoms with van der Waals surface area (Å²) in [7, 11) is 0. The quantitative estimate of drug-likeness (QED) is 0.332. The molecular weight excluding hydrogens is 410 g/mol. The molecule has 2 aromatic carbocycles. The van der Waals surface area contributed by atoms with E-state index in [-0.39, 0.29) is 0 Å². The van der Waals surface area contributed by atoms with Crippen molar-refractivity contribution in [2.45, 2.75) is 27.7 Å². The lowest BCUT2D eigenvalue weighted by Crippen LogP contribution is -2.00. The van der Waals surface area contributed by atoms with E-state index in [0.29, 0.717) is 0 Å². The molecule has 3 aromatic heterocycles. The van der Waals surface area contributed by atoms with Crippen molar-refractivity contribution >= 4 is 0 Å². The molecule has 6 heteroatoms. The van der Waals surface area contributed by atoms with E-state index in [0.717, 1.165) is 56.8 Å². The first-order valence-electron chi connectivity index (χ1n) is 10.9. The molecule has 164 valence electrons. The summed E-state index contributed by atoms with van der Waals surface area (Å²) >= 11 is 0. The molecule has 0 bridgehead atoms. The Morgan fingerprint density at radius 1 is 0.727 bits per heavy atom. The molecule has 0 radical (unpaired) electrons. The largest absolute Gasteiger partial charge is 0.457 e. The van der Waals surface area contributed by atoms with Crippen molar-refractivity contribution in [3.05, 3.63) is 102 Å². The lowest BCUT2D eigenvalue weighted by Gasteiger charge is -2.11. The molecule has 0 amide bonds. The molecule has 5 aromatic rings. The van der Waals surface area contributed by atoms with Crippen LogP contribution in [-0.2, 0) is 0 Å². The Kier molecular flexibility index (Phi) is 5.26. The zero-order chi connectivity index (χ0) is 22.9. The second-order valence-electron chi connectivity index (χ2n) is 8.14. The summed E-state index contributed by atoms with van der Waals surface area (Å²) in [6.45, 7) is 8.14. The van der Waals surface area contributed by atoms with Crippen LogP contribution in [0.2, 0.25) is 0 Å². The smallest absolute Gasteiger partial charge is 0.129 e. The summed E-state index contributed by atoms with van der Waals surface area (Å²) in [5, 5.41) is 9.37. The van der Waals surface area contributed by atoms with Gasteiger partial charge in [0.25, 0.3) is 0 Å². The summed E-state index contributed by atoms with van der Waals surface area (Å²) in [5.41, 5.74) is 8.17. The van der Waals surface area contributed by atoms with E-state index in [1.807, 2.05) is 90.9 Å². The molecule has 0 N–H and O–H groups in total. The van der Waals surface area contributed by atoms with Gasteiger partial charge in [-0.1, -0.05) is 18.2 Å². The zero-order valence-corrected chi connectivity index (χ0v) is 19.1. The maximum absolute atomic E-state index is 6.22. The lowest BCUT2D eigenvalue weighted by molar-refractivity contribution is 0.481. The van der Waals surface area contributed by atoms with Gasteiger partial charge < -0.3 is 4.74 Å². The van der Waals surface area contributed by atoms with Crippen LogP contribution in [0, 0.1) is 27.7 Å². The van der Waals surface area contributed by atoms with Crippen molar-refractivity contribution in [2.24, 2.45) is 0 Å². The van der Waals surface area contributed by atoms with Crippen LogP contribution in [0.15, 0.2) is 79.1 Å². The maximum atomic E-state index is 6.22. The Morgan fingerprint density at radius 2 is 1.42 bits per heavy atom. The van der Waals surface area contributed by atoms with Crippen LogP contribution in [0.5, 0.6) is 11.5 Å². The molecule has 0 saturated carbocycles. The molecule has 0 saturated heterocycles. The monoisotopic (exact) mass is 435 g/mol. The van der Waals surface area contributed by atoms with E-state index in [2.05, 4.69) is 29.1 Å². The van der Waals surface area contributed by atoms with Crippen molar-refractivity contribution in [3.8, 4) is 34.0 Å². The van der Waals surface area contributed by atoms with Gasteiger partial charge in [-0.3, -0.25) is 4.98 Å². The summed E-state index contributed by atoms with van der Waals surface area (Å²) in [6.07, 6.45) is 3.65. The SMILES string of the molecule is Cc1cc(C)n(-c2cccc(Oc3cccc(-n4nc(C)c(-c5cccnc5)c4C)c3)c2)n1. The molecule has 5 rings (SSSR count). The second kappa shape index (κ2) is 8.39. The van der Waals surface area contributed by atoms with E-state index in [1.54, 1.807) is 6.20 Å². The summed E-state index contributed by atoms with van der Waals surface area (Å²) < 4.78 is 10.1. The molecule has 33 heavy (non-hydrogen) atoms. The van der Waals surface area contributed by atoms with Gasteiger partial charge >= 0.3 is 0 Å². The third-order valence-corrected chi connectivity index (χ3v) is 5.61. The Bertz CT molecular complexity index is 1430. The summed E-state index contributed by atoms with van der Waals surface area (Å²) in [5.74, 6) is 1.50. The highest BCUT2D eigenvalue weighted by molar-refractivity contribution is 5.68. The Balaban J connectivity index is 1.46. The fourth-order valence-corrected chi connectivity index (χ4v) is 4.21. The van der Waals surface area contributed by atoms with Crippen molar-refractivity contribution in [3.63, 3.8) is 0 Å². The average molecular weight is 436 g/mol. The standard InChI is InChI=1S/C27H25N5O/c1-18-14-19(2)31(29-18)23-9-5-11-25(15-23)33-26-12-6-10-24(16-26)32-21(4)27(20(3)30-32)22-8-7-13-28-17-22/h5-17H,1-4H3. The average Bonchev–Trinajstić information content (AvgIpc) is 3.31. The van der Waals surface area contributed by atoms with Gasteiger partial charge in [0.2, 0.25) is 0 Å². The van der Waals surface area contributed by atoms with Gasteiger partial charge in [-0.2, -0.15) is 10.2 Å². The van der Waals surface area contributed by atoms with Crippen LogP contribution in [0.25, 0.3) is 22.5 Å². The molecule has 6 nitrogen and oxygen atoms in total. The molecule has 0 spiro atoms. The van der Waals surface area contributed by atoms with E-state index < -0.39 is 0 Å². The zero-order valence-electron chi connectivity index (χ0n) is 19.1. The van der Waals surface area contributed by atoms with Crippen LogP contribution in [0.4, 0.5) is 0 Å².